The lowest BCUT2D eigenvalue weighted by atomic mass is 10.0. The van der Waals surface area contributed by atoms with Crippen molar-refractivity contribution in [1.82, 2.24) is 40.3 Å². The van der Waals surface area contributed by atoms with Gasteiger partial charge < -0.3 is 10.6 Å². The number of benzene rings is 1. The van der Waals surface area contributed by atoms with Gasteiger partial charge in [-0.25, -0.2) is 9.78 Å². The number of carbonyl (C=O) groups is 1. The third-order valence-electron chi connectivity index (χ3n) is 3.97. The quantitative estimate of drug-likeness (QED) is 0.718. The summed E-state index contributed by atoms with van der Waals surface area (Å²) >= 11 is 0. The lowest BCUT2D eigenvalue weighted by Gasteiger charge is -2.21. The Morgan fingerprint density at radius 1 is 1.19 bits per heavy atom. The van der Waals surface area contributed by atoms with Gasteiger partial charge in [-0.15, -0.1) is 5.10 Å². The first kappa shape index (κ1) is 17.5. The lowest BCUT2D eigenvalue weighted by Crippen LogP contribution is -2.36. The van der Waals surface area contributed by atoms with E-state index in [0.29, 0.717) is 17.3 Å². The zero-order valence-electron chi connectivity index (χ0n) is 15.1. The van der Waals surface area contributed by atoms with E-state index in [1.165, 1.54) is 6.33 Å². The Labute approximate surface area is 150 Å². The van der Waals surface area contributed by atoms with E-state index < -0.39 is 0 Å². The first-order chi connectivity index (χ1) is 12.5. The number of tetrazole rings is 1. The molecule has 0 bridgehead atoms. The Bertz CT molecular complexity index is 881. The molecule has 0 aliphatic heterocycles. The largest absolute Gasteiger partial charge is 0.328 e. The van der Waals surface area contributed by atoms with E-state index in [9.17, 15) is 4.79 Å². The summed E-state index contributed by atoms with van der Waals surface area (Å²) in [6, 6.07) is 6.71. The first-order valence-corrected chi connectivity index (χ1v) is 8.22. The van der Waals surface area contributed by atoms with E-state index in [4.69, 9.17) is 0 Å². The molecule has 1 aromatic carbocycles. The lowest BCUT2D eigenvalue weighted by molar-refractivity contribution is 0.243. The van der Waals surface area contributed by atoms with Crippen LogP contribution in [0.4, 0.5) is 10.5 Å². The van der Waals surface area contributed by atoms with Crippen molar-refractivity contribution in [2.75, 3.05) is 5.32 Å². The van der Waals surface area contributed by atoms with Crippen molar-refractivity contribution >= 4 is 11.7 Å². The molecular formula is C16H21N9O. The van der Waals surface area contributed by atoms with Crippen LogP contribution in [-0.4, -0.2) is 41.0 Å². The normalized spacial score (nSPS) is 12.2. The molecule has 0 saturated carbocycles. The molecule has 136 valence electrons. The van der Waals surface area contributed by atoms with Gasteiger partial charge in [0.05, 0.1) is 11.7 Å². The Morgan fingerprint density at radius 3 is 2.46 bits per heavy atom. The number of carbonyl (C=O) groups excluding carboxylic acids is 1. The number of nitrogens with zero attached hydrogens (tertiary/aromatic N) is 7. The SMILES string of the molecule is Cc1nnnn1-c1ccc(NC(=O)N[C@@H](c2ncnn2C)C(C)C)cc1. The van der Waals surface area contributed by atoms with Crippen molar-refractivity contribution in [3.05, 3.63) is 42.2 Å². The number of rotatable bonds is 5. The zero-order chi connectivity index (χ0) is 18.7. The molecule has 3 rings (SSSR count). The Kier molecular flexibility index (Phi) is 4.92. The second-order valence-corrected chi connectivity index (χ2v) is 6.25. The maximum atomic E-state index is 12.4. The molecule has 0 fully saturated rings. The monoisotopic (exact) mass is 355 g/mol. The molecule has 3 aromatic rings. The van der Waals surface area contributed by atoms with Crippen LogP contribution in [0.1, 0.15) is 31.5 Å². The van der Waals surface area contributed by atoms with Crippen LogP contribution in [0.25, 0.3) is 5.69 Å². The van der Waals surface area contributed by atoms with Gasteiger partial charge in [0.1, 0.15) is 12.2 Å². The van der Waals surface area contributed by atoms with Crippen LogP contribution in [0.15, 0.2) is 30.6 Å². The van der Waals surface area contributed by atoms with Gasteiger partial charge in [-0.1, -0.05) is 13.8 Å². The zero-order valence-corrected chi connectivity index (χ0v) is 15.1. The summed E-state index contributed by atoms with van der Waals surface area (Å²) in [4.78, 5) is 16.6. The Balaban J connectivity index is 1.67. The molecule has 1 atom stereocenters. The average Bonchev–Trinajstić information content (AvgIpc) is 3.21. The molecule has 0 unspecified atom stereocenters. The smallest absolute Gasteiger partial charge is 0.319 e. The predicted molar refractivity (Wildman–Crippen MR) is 94.6 cm³/mol. The molecule has 10 heteroatoms. The van der Waals surface area contributed by atoms with Gasteiger partial charge in [-0.2, -0.15) is 9.78 Å². The van der Waals surface area contributed by atoms with E-state index in [1.54, 1.807) is 28.5 Å². The number of nitrogens with one attached hydrogen (secondary N) is 2. The molecule has 0 aliphatic carbocycles. The van der Waals surface area contributed by atoms with E-state index in [-0.39, 0.29) is 18.0 Å². The highest BCUT2D eigenvalue weighted by atomic mass is 16.2. The van der Waals surface area contributed by atoms with Crippen LogP contribution >= 0.6 is 0 Å². The summed E-state index contributed by atoms with van der Waals surface area (Å²) in [7, 11) is 1.80. The number of urea groups is 1. The van der Waals surface area contributed by atoms with Gasteiger partial charge in [0.25, 0.3) is 0 Å². The molecule has 2 N–H and O–H groups in total. The minimum absolute atomic E-state index is 0.161. The van der Waals surface area contributed by atoms with E-state index in [0.717, 1.165) is 5.69 Å². The van der Waals surface area contributed by atoms with Crippen molar-refractivity contribution in [3.63, 3.8) is 0 Å². The van der Waals surface area contributed by atoms with Crippen molar-refractivity contribution in [2.45, 2.75) is 26.8 Å². The third-order valence-corrected chi connectivity index (χ3v) is 3.97. The van der Waals surface area contributed by atoms with Gasteiger partial charge in [0.15, 0.2) is 5.82 Å². The number of aryl methyl sites for hydroxylation is 2. The van der Waals surface area contributed by atoms with Crippen LogP contribution < -0.4 is 10.6 Å². The van der Waals surface area contributed by atoms with Crippen LogP contribution in [0.2, 0.25) is 0 Å². The van der Waals surface area contributed by atoms with Gasteiger partial charge in [0.2, 0.25) is 0 Å². The standard InChI is InChI=1S/C16H21N9O/c1-10(2)14(15-17-9-18-24(15)4)20-16(26)19-12-5-7-13(8-6-12)25-11(3)21-22-23-25/h5-10,14H,1-4H3,(H2,19,20,26)/t14-/m1/s1. The fraction of sp³-hybridized carbons (Fsp3) is 0.375. The molecule has 2 amide bonds. The van der Waals surface area contributed by atoms with E-state index in [2.05, 4.69) is 36.2 Å². The number of hydrogen-bond donors (Lipinski definition) is 2. The van der Waals surface area contributed by atoms with Crippen LogP contribution in [0.5, 0.6) is 0 Å². The summed E-state index contributed by atoms with van der Waals surface area (Å²) in [5, 5.41) is 21.2. The number of hydrogen-bond acceptors (Lipinski definition) is 6. The molecule has 2 aromatic heterocycles. The predicted octanol–water partition coefficient (Wildman–Crippen LogP) is 1.62. The van der Waals surface area contributed by atoms with Gasteiger partial charge in [-0.3, -0.25) is 4.68 Å². The molecule has 26 heavy (non-hydrogen) atoms. The van der Waals surface area contributed by atoms with Crippen LogP contribution in [-0.2, 0) is 7.05 Å². The number of anilines is 1. The average molecular weight is 355 g/mol. The Morgan fingerprint density at radius 2 is 1.92 bits per heavy atom. The van der Waals surface area contributed by atoms with Crippen molar-refractivity contribution in [1.29, 1.82) is 0 Å². The summed E-state index contributed by atoms with van der Waals surface area (Å²) < 4.78 is 3.28. The van der Waals surface area contributed by atoms with Crippen LogP contribution in [0.3, 0.4) is 0 Å². The highest BCUT2D eigenvalue weighted by Crippen LogP contribution is 2.19. The summed E-state index contributed by atoms with van der Waals surface area (Å²) in [6.07, 6.45) is 1.48. The molecule has 0 spiro atoms. The molecule has 10 nitrogen and oxygen atoms in total. The maximum absolute atomic E-state index is 12.4. The van der Waals surface area contributed by atoms with Gasteiger partial charge in [0, 0.05) is 12.7 Å². The number of amides is 2. The van der Waals surface area contributed by atoms with Gasteiger partial charge in [-0.05, 0) is 47.5 Å². The maximum Gasteiger partial charge on any atom is 0.319 e. The van der Waals surface area contributed by atoms with Crippen LogP contribution in [0, 0.1) is 12.8 Å². The number of aromatic nitrogens is 7. The molecule has 0 radical (unpaired) electrons. The highest BCUT2D eigenvalue weighted by molar-refractivity contribution is 5.89. The van der Waals surface area contributed by atoms with Gasteiger partial charge >= 0.3 is 6.03 Å². The fourth-order valence-corrected chi connectivity index (χ4v) is 2.58. The molecule has 0 saturated heterocycles. The minimum Gasteiger partial charge on any atom is -0.328 e. The summed E-state index contributed by atoms with van der Waals surface area (Å²) in [6.45, 7) is 5.85. The second kappa shape index (κ2) is 7.30. The molecule has 2 heterocycles. The van der Waals surface area contributed by atoms with Crippen molar-refractivity contribution in [3.8, 4) is 5.69 Å². The second-order valence-electron chi connectivity index (χ2n) is 6.25. The third kappa shape index (κ3) is 3.68. The van der Waals surface area contributed by atoms with E-state index >= 15 is 0 Å². The minimum atomic E-state index is -0.307. The molecule has 0 aliphatic rings. The topological polar surface area (TPSA) is 115 Å². The van der Waals surface area contributed by atoms with Crippen molar-refractivity contribution in [2.24, 2.45) is 13.0 Å². The summed E-state index contributed by atoms with van der Waals surface area (Å²) in [5.41, 5.74) is 1.48. The Hall–Kier alpha value is -3.30. The fourth-order valence-electron chi connectivity index (χ4n) is 2.58. The van der Waals surface area contributed by atoms with E-state index in [1.807, 2.05) is 32.9 Å². The van der Waals surface area contributed by atoms with Crippen molar-refractivity contribution < 1.29 is 4.79 Å². The first-order valence-electron chi connectivity index (χ1n) is 8.22. The highest BCUT2D eigenvalue weighted by Gasteiger charge is 2.22. The summed E-state index contributed by atoms with van der Waals surface area (Å²) in [5.74, 6) is 1.56. The molecular weight excluding hydrogens is 334 g/mol.